The minimum Gasteiger partial charge on any atom is -0.506 e. The highest BCUT2D eigenvalue weighted by atomic mass is 16.6. The summed E-state index contributed by atoms with van der Waals surface area (Å²) in [7, 11) is 1.23. The first-order valence-corrected chi connectivity index (χ1v) is 7.42. The van der Waals surface area contributed by atoms with Gasteiger partial charge in [-0.1, -0.05) is 13.8 Å². The number of nitrogens with one attached hydrogen (secondary N) is 1. The Labute approximate surface area is 137 Å². The van der Waals surface area contributed by atoms with E-state index in [-0.39, 0.29) is 12.2 Å². The van der Waals surface area contributed by atoms with E-state index in [2.05, 4.69) is 15.0 Å². The number of aromatic hydroxyl groups is 1. The maximum Gasteiger partial charge on any atom is 0.408 e. The van der Waals surface area contributed by atoms with Crippen molar-refractivity contribution in [2.75, 3.05) is 7.11 Å². The molecule has 0 radical (unpaired) electrons. The molecule has 23 heavy (non-hydrogen) atoms. The van der Waals surface area contributed by atoms with Gasteiger partial charge in [0.05, 0.1) is 13.3 Å². The molecule has 1 unspecified atom stereocenters. The highest BCUT2D eigenvalue weighted by Gasteiger charge is 2.25. The van der Waals surface area contributed by atoms with Crippen molar-refractivity contribution in [2.24, 2.45) is 0 Å². The van der Waals surface area contributed by atoms with E-state index in [1.807, 2.05) is 13.8 Å². The Morgan fingerprint density at radius 3 is 2.35 bits per heavy atom. The highest BCUT2D eigenvalue weighted by Crippen LogP contribution is 2.10. The van der Waals surface area contributed by atoms with Crippen molar-refractivity contribution in [3.05, 3.63) is 24.0 Å². The Morgan fingerprint density at radius 1 is 1.30 bits per heavy atom. The van der Waals surface area contributed by atoms with E-state index < -0.39 is 23.7 Å². The number of amides is 1. The zero-order valence-corrected chi connectivity index (χ0v) is 14.5. The Bertz CT molecular complexity index is 494. The Morgan fingerprint density at radius 2 is 1.91 bits per heavy atom. The molecule has 0 fully saturated rings. The van der Waals surface area contributed by atoms with Crippen LogP contribution in [-0.4, -0.2) is 40.9 Å². The number of carbonyl (C=O) groups excluding carboxylic acids is 2. The number of rotatable bonds is 4. The maximum absolute atomic E-state index is 11.7. The Hall–Kier alpha value is -2.31. The summed E-state index contributed by atoms with van der Waals surface area (Å²) in [5.74, 6) is -0.579. The number of methoxy groups -OCH3 is 1. The maximum atomic E-state index is 11.7. The van der Waals surface area contributed by atoms with Crippen LogP contribution in [0.25, 0.3) is 0 Å². The lowest BCUT2D eigenvalue weighted by atomic mass is 10.1. The zero-order chi connectivity index (χ0) is 18.0. The van der Waals surface area contributed by atoms with Gasteiger partial charge in [-0.15, -0.1) is 0 Å². The molecule has 1 heterocycles. The minimum absolute atomic E-state index is 0.0217. The lowest BCUT2D eigenvalue weighted by molar-refractivity contribution is -0.143. The van der Waals surface area contributed by atoms with Gasteiger partial charge >= 0.3 is 12.1 Å². The Balaban J connectivity index is 0.00000232. The van der Waals surface area contributed by atoms with Gasteiger partial charge in [0.2, 0.25) is 0 Å². The third-order valence-electron chi connectivity index (χ3n) is 2.40. The largest absolute Gasteiger partial charge is 0.506 e. The fourth-order valence-electron chi connectivity index (χ4n) is 1.53. The monoisotopic (exact) mass is 326 g/mol. The second kappa shape index (κ2) is 9.66. The molecule has 1 atom stereocenters. The van der Waals surface area contributed by atoms with Crippen molar-refractivity contribution >= 4 is 12.1 Å². The number of hydrogen-bond acceptors (Lipinski definition) is 6. The van der Waals surface area contributed by atoms with Crippen molar-refractivity contribution in [2.45, 2.75) is 52.7 Å². The van der Waals surface area contributed by atoms with Crippen LogP contribution in [0.3, 0.4) is 0 Å². The fourth-order valence-corrected chi connectivity index (χ4v) is 1.53. The first-order chi connectivity index (χ1) is 10.7. The number of hydrogen-bond donors (Lipinski definition) is 2. The van der Waals surface area contributed by atoms with E-state index in [4.69, 9.17) is 4.74 Å². The van der Waals surface area contributed by atoms with E-state index in [1.54, 1.807) is 26.8 Å². The third kappa shape index (κ3) is 8.65. The summed E-state index contributed by atoms with van der Waals surface area (Å²) in [5.41, 5.74) is -0.138. The van der Waals surface area contributed by atoms with Crippen LogP contribution in [0.15, 0.2) is 18.3 Å². The average molecular weight is 326 g/mol. The van der Waals surface area contributed by atoms with E-state index in [1.165, 1.54) is 19.4 Å². The molecule has 1 aromatic heterocycles. The highest BCUT2D eigenvalue weighted by molar-refractivity contribution is 5.81. The summed E-state index contributed by atoms with van der Waals surface area (Å²) < 4.78 is 9.75. The van der Waals surface area contributed by atoms with Crippen LogP contribution in [0, 0.1) is 0 Å². The van der Waals surface area contributed by atoms with Gasteiger partial charge in [0.1, 0.15) is 17.4 Å². The number of pyridine rings is 1. The number of ether oxygens (including phenoxy) is 2. The van der Waals surface area contributed by atoms with Gasteiger partial charge in [0.25, 0.3) is 0 Å². The van der Waals surface area contributed by atoms with Crippen molar-refractivity contribution in [1.29, 1.82) is 0 Å². The first-order valence-electron chi connectivity index (χ1n) is 7.42. The molecule has 0 aromatic carbocycles. The summed E-state index contributed by atoms with van der Waals surface area (Å²) in [4.78, 5) is 27.4. The van der Waals surface area contributed by atoms with Crippen molar-refractivity contribution < 1.29 is 24.2 Å². The van der Waals surface area contributed by atoms with Crippen molar-refractivity contribution in [3.63, 3.8) is 0 Å². The molecule has 7 nitrogen and oxygen atoms in total. The molecule has 1 amide bonds. The topological polar surface area (TPSA) is 97.8 Å². The summed E-state index contributed by atoms with van der Waals surface area (Å²) in [6, 6.07) is 2.09. The molecule has 0 bridgehead atoms. The van der Waals surface area contributed by atoms with E-state index >= 15 is 0 Å². The summed E-state index contributed by atoms with van der Waals surface area (Å²) in [5, 5.41) is 11.6. The second-order valence-corrected chi connectivity index (χ2v) is 5.43. The molecule has 2 N–H and O–H groups in total. The number of esters is 1. The normalized spacial score (nSPS) is 11.6. The van der Waals surface area contributed by atoms with Gasteiger partial charge in [-0.25, -0.2) is 9.59 Å². The minimum atomic E-state index is -0.915. The molecular formula is C16H26N2O5. The average Bonchev–Trinajstić information content (AvgIpc) is 2.48. The van der Waals surface area contributed by atoms with Gasteiger partial charge in [0.15, 0.2) is 0 Å². The first kappa shape index (κ1) is 20.7. The van der Waals surface area contributed by atoms with Gasteiger partial charge in [-0.05, 0) is 32.9 Å². The molecule has 0 aliphatic carbocycles. The van der Waals surface area contributed by atoms with Gasteiger partial charge < -0.3 is 19.9 Å². The molecule has 0 aliphatic rings. The number of alkyl carbamates (subject to hydrolysis) is 1. The Kier molecular flexibility index (Phi) is 8.69. The molecule has 0 saturated carbocycles. The predicted octanol–water partition coefficient (Wildman–Crippen LogP) is 2.42. The molecule has 0 saturated heterocycles. The third-order valence-corrected chi connectivity index (χ3v) is 2.40. The SMILES string of the molecule is CC.COC(=O)C(Cc1ccc(O)cn1)NC(=O)OC(C)(C)C. The molecule has 130 valence electrons. The molecular weight excluding hydrogens is 300 g/mol. The summed E-state index contributed by atoms with van der Waals surface area (Å²) in [6.45, 7) is 9.17. The fraction of sp³-hybridized carbons (Fsp3) is 0.562. The van der Waals surface area contributed by atoms with Gasteiger partial charge in [-0.3, -0.25) is 4.98 Å². The lowest BCUT2D eigenvalue weighted by Gasteiger charge is -2.22. The number of nitrogens with zero attached hydrogens (tertiary/aromatic N) is 1. The van der Waals surface area contributed by atoms with Crippen LogP contribution in [0.5, 0.6) is 5.75 Å². The summed E-state index contributed by atoms with van der Waals surface area (Å²) >= 11 is 0. The number of aromatic nitrogens is 1. The van der Waals surface area contributed by atoms with E-state index in [9.17, 15) is 14.7 Å². The number of carbonyl (C=O) groups is 2. The second-order valence-electron chi connectivity index (χ2n) is 5.43. The van der Waals surface area contributed by atoms with Crippen molar-refractivity contribution in [1.82, 2.24) is 10.3 Å². The van der Waals surface area contributed by atoms with Crippen LogP contribution in [0.2, 0.25) is 0 Å². The van der Waals surface area contributed by atoms with E-state index in [0.29, 0.717) is 5.69 Å². The van der Waals surface area contributed by atoms with Gasteiger partial charge in [0, 0.05) is 12.1 Å². The quantitative estimate of drug-likeness (QED) is 0.825. The smallest absolute Gasteiger partial charge is 0.408 e. The molecule has 7 heteroatoms. The molecule has 0 spiro atoms. The van der Waals surface area contributed by atoms with Crippen LogP contribution < -0.4 is 5.32 Å². The molecule has 1 aromatic rings. The lowest BCUT2D eigenvalue weighted by Crippen LogP contribution is -2.45. The molecule has 1 rings (SSSR count). The van der Waals surface area contributed by atoms with Gasteiger partial charge in [-0.2, -0.15) is 0 Å². The standard InChI is InChI=1S/C14H20N2O5.C2H6/c1-14(2,3)21-13(19)16-11(12(18)20-4)7-9-5-6-10(17)8-15-9;1-2/h5-6,8,11,17H,7H2,1-4H3,(H,16,19);1-2H3. The molecule has 0 aliphatic heterocycles. The van der Waals surface area contributed by atoms with E-state index in [0.717, 1.165) is 0 Å². The van der Waals surface area contributed by atoms with Crippen LogP contribution in [-0.2, 0) is 20.7 Å². The van der Waals surface area contributed by atoms with Crippen LogP contribution in [0.4, 0.5) is 4.79 Å². The van der Waals surface area contributed by atoms with Crippen LogP contribution in [0.1, 0.15) is 40.3 Å². The zero-order valence-electron chi connectivity index (χ0n) is 14.5. The predicted molar refractivity (Wildman–Crippen MR) is 86.1 cm³/mol. The van der Waals surface area contributed by atoms with Crippen molar-refractivity contribution in [3.8, 4) is 5.75 Å². The van der Waals surface area contributed by atoms with Crippen LogP contribution >= 0.6 is 0 Å². The summed E-state index contributed by atoms with van der Waals surface area (Å²) in [6.07, 6.45) is 0.681.